The minimum Gasteiger partial charge on any atom is -0.491 e. The molecule has 0 saturated carbocycles. The molecule has 0 atom stereocenters. The van der Waals surface area contributed by atoms with Crippen molar-refractivity contribution in [2.75, 3.05) is 18.5 Å². The Hall–Kier alpha value is -1.48. The van der Waals surface area contributed by atoms with Crippen LogP contribution in [0.2, 0.25) is 0 Å². The average molecular weight is 261 g/mol. The highest BCUT2D eigenvalue weighted by Crippen LogP contribution is 2.23. The first-order chi connectivity index (χ1) is 8.90. The third kappa shape index (κ3) is 3.77. The molecule has 18 heavy (non-hydrogen) atoms. The molecule has 1 aromatic heterocycles. The second-order valence-corrected chi connectivity index (χ2v) is 5.13. The van der Waals surface area contributed by atoms with Gasteiger partial charge in [0.25, 0.3) is 0 Å². The van der Waals surface area contributed by atoms with Gasteiger partial charge in [-0.25, -0.2) is 0 Å². The number of thiophene rings is 1. The second kappa shape index (κ2) is 7.07. The molecular weight excluding hydrogens is 242 g/mol. The molecule has 0 radical (unpaired) electrons. The highest BCUT2D eigenvalue weighted by molar-refractivity contribution is 7.09. The first-order valence-electron chi connectivity index (χ1n) is 6.38. The quantitative estimate of drug-likeness (QED) is 0.807. The van der Waals surface area contributed by atoms with Crippen LogP contribution >= 0.6 is 11.3 Å². The summed E-state index contributed by atoms with van der Waals surface area (Å²) < 4.78 is 5.71. The van der Waals surface area contributed by atoms with Crippen molar-refractivity contribution in [2.24, 2.45) is 0 Å². The summed E-state index contributed by atoms with van der Waals surface area (Å²) in [5.41, 5.74) is 1.09. The van der Waals surface area contributed by atoms with Gasteiger partial charge < -0.3 is 10.1 Å². The maximum Gasteiger partial charge on any atom is 0.142 e. The van der Waals surface area contributed by atoms with Crippen LogP contribution in [0.4, 0.5) is 5.69 Å². The van der Waals surface area contributed by atoms with Crippen molar-refractivity contribution in [3.05, 3.63) is 46.7 Å². The molecule has 0 amide bonds. The van der Waals surface area contributed by atoms with Gasteiger partial charge in [0.05, 0.1) is 12.3 Å². The van der Waals surface area contributed by atoms with Crippen LogP contribution in [0.25, 0.3) is 0 Å². The van der Waals surface area contributed by atoms with E-state index in [1.54, 1.807) is 11.3 Å². The highest BCUT2D eigenvalue weighted by Gasteiger charge is 2.01. The molecule has 0 unspecified atom stereocenters. The zero-order valence-electron chi connectivity index (χ0n) is 10.7. The Kier molecular flexibility index (Phi) is 5.09. The van der Waals surface area contributed by atoms with Gasteiger partial charge in [-0.2, -0.15) is 0 Å². The van der Waals surface area contributed by atoms with E-state index >= 15 is 0 Å². The van der Waals surface area contributed by atoms with Crippen LogP contribution in [-0.2, 0) is 6.42 Å². The molecule has 0 fully saturated rings. The molecule has 0 aliphatic heterocycles. The zero-order valence-corrected chi connectivity index (χ0v) is 11.5. The zero-order chi connectivity index (χ0) is 12.6. The Labute approximate surface area is 113 Å². The van der Waals surface area contributed by atoms with Gasteiger partial charge in [0.15, 0.2) is 0 Å². The normalized spacial score (nSPS) is 10.3. The fourth-order valence-corrected chi connectivity index (χ4v) is 2.43. The Balaban J connectivity index is 1.87. The van der Waals surface area contributed by atoms with Crippen LogP contribution in [0.1, 0.15) is 18.2 Å². The smallest absolute Gasteiger partial charge is 0.142 e. The van der Waals surface area contributed by atoms with Gasteiger partial charge in [-0.15, -0.1) is 11.3 Å². The monoisotopic (exact) mass is 261 g/mol. The molecule has 0 saturated heterocycles. The molecule has 0 spiro atoms. The lowest BCUT2D eigenvalue weighted by molar-refractivity contribution is 0.319. The van der Waals surface area contributed by atoms with E-state index in [-0.39, 0.29) is 0 Å². The van der Waals surface area contributed by atoms with E-state index in [2.05, 4.69) is 35.8 Å². The maximum absolute atomic E-state index is 5.71. The summed E-state index contributed by atoms with van der Waals surface area (Å²) in [7, 11) is 0. The topological polar surface area (TPSA) is 21.3 Å². The summed E-state index contributed by atoms with van der Waals surface area (Å²) in [4.78, 5) is 1.41. The Bertz CT molecular complexity index is 453. The number of ether oxygens (including phenoxy) is 1. The van der Waals surface area contributed by atoms with Crippen LogP contribution in [-0.4, -0.2) is 13.2 Å². The van der Waals surface area contributed by atoms with Gasteiger partial charge in [0.2, 0.25) is 0 Å². The molecule has 1 aromatic carbocycles. The summed E-state index contributed by atoms with van der Waals surface area (Å²) in [6.07, 6.45) is 2.09. The number of rotatable bonds is 7. The first-order valence-corrected chi connectivity index (χ1v) is 7.26. The van der Waals surface area contributed by atoms with Gasteiger partial charge >= 0.3 is 0 Å². The van der Waals surface area contributed by atoms with E-state index < -0.39 is 0 Å². The second-order valence-electron chi connectivity index (χ2n) is 4.10. The standard InChI is InChI=1S/C15H19NOS/c1-2-11-17-15-8-4-3-7-14(15)16-10-9-13-6-5-12-18-13/h3-8,12,16H,2,9-11H2,1H3. The molecule has 0 aliphatic carbocycles. The van der Waals surface area contributed by atoms with Gasteiger partial charge in [-0.3, -0.25) is 0 Å². The van der Waals surface area contributed by atoms with Crippen molar-refractivity contribution in [2.45, 2.75) is 19.8 Å². The molecule has 1 heterocycles. The van der Waals surface area contributed by atoms with Crippen molar-refractivity contribution in [3.8, 4) is 5.75 Å². The van der Waals surface area contributed by atoms with E-state index in [0.717, 1.165) is 37.4 Å². The minimum atomic E-state index is 0.767. The third-order valence-electron chi connectivity index (χ3n) is 2.62. The van der Waals surface area contributed by atoms with Crippen LogP contribution in [0.15, 0.2) is 41.8 Å². The van der Waals surface area contributed by atoms with E-state index in [0.29, 0.717) is 0 Å². The fourth-order valence-electron chi connectivity index (χ4n) is 1.73. The number of hydrogen-bond donors (Lipinski definition) is 1. The number of hydrogen-bond acceptors (Lipinski definition) is 3. The molecule has 3 heteroatoms. The summed E-state index contributed by atoms with van der Waals surface area (Å²) in [5.74, 6) is 0.950. The van der Waals surface area contributed by atoms with E-state index in [1.165, 1.54) is 4.88 Å². The molecule has 1 N–H and O–H groups in total. The largest absolute Gasteiger partial charge is 0.491 e. The molecule has 0 aliphatic rings. The predicted molar refractivity (Wildman–Crippen MR) is 78.7 cm³/mol. The molecule has 2 nitrogen and oxygen atoms in total. The van der Waals surface area contributed by atoms with E-state index in [1.807, 2.05) is 18.2 Å². The van der Waals surface area contributed by atoms with Crippen molar-refractivity contribution < 1.29 is 4.74 Å². The minimum absolute atomic E-state index is 0.767. The van der Waals surface area contributed by atoms with Gasteiger partial charge in [-0.1, -0.05) is 25.1 Å². The molecule has 2 aromatic rings. The first kappa shape index (κ1) is 13.0. The number of nitrogens with one attached hydrogen (secondary N) is 1. The summed E-state index contributed by atoms with van der Waals surface area (Å²) >= 11 is 1.80. The van der Waals surface area contributed by atoms with Crippen LogP contribution in [0.3, 0.4) is 0 Å². The predicted octanol–water partition coefficient (Wildman–Crippen LogP) is 4.19. The van der Waals surface area contributed by atoms with Gasteiger partial charge in [0.1, 0.15) is 5.75 Å². The Morgan fingerprint density at radius 1 is 1.17 bits per heavy atom. The van der Waals surface area contributed by atoms with Crippen LogP contribution in [0, 0.1) is 0 Å². The molecule has 2 rings (SSSR count). The Morgan fingerprint density at radius 3 is 2.83 bits per heavy atom. The molecular formula is C15H19NOS. The maximum atomic E-state index is 5.71. The van der Waals surface area contributed by atoms with Crippen LogP contribution < -0.4 is 10.1 Å². The number of benzene rings is 1. The van der Waals surface area contributed by atoms with Crippen molar-refractivity contribution >= 4 is 17.0 Å². The summed E-state index contributed by atoms with van der Waals surface area (Å²) in [5, 5.41) is 5.56. The lowest BCUT2D eigenvalue weighted by Gasteiger charge is -2.12. The average Bonchev–Trinajstić information content (AvgIpc) is 2.91. The van der Waals surface area contributed by atoms with Crippen molar-refractivity contribution in [1.29, 1.82) is 0 Å². The van der Waals surface area contributed by atoms with Crippen molar-refractivity contribution in [3.63, 3.8) is 0 Å². The lowest BCUT2D eigenvalue weighted by Crippen LogP contribution is -2.06. The molecule has 0 bridgehead atoms. The van der Waals surface area contributed by atoms with Gasteiger partial charge in [-0.05, 0) is 36.4 Å². The van der Waals surface area contributed by atoms with E-state index in [9.17, 15) is 0 Å². The third-order valence-corrected chi connectivity index (χ3v) is 3.55. The number of para-hydroxylation sites is 2. The summed E-state index contributed by atoms with van der Waals surface area (Å²) in [6.45, 7) is 3.82. The lowest BCUT2D eigenvalue weighted by atomic mass is 10.2. The van der Waals surface area contributed by atoms with Gasteiger partial charge in [0, 0.05) is 11.4 Å². The summed E-state index contributed by atoms with van der Waals surface area (Å²) in [6, 6.07) is 12.4. The SMILES string of the molecule is CCCOc1ccccc1NCCc1cccs1. The van der Waals surface area contributed by atoms with Crippen LogP contribution in [0.5, 0.6) is 5.75 Å². The van der Waals surface area contributed by atoms with Crippen molar-refractivity contribution in [1.82, 2.24) is 0 Å². The number of anilines is 1. The molecule has 96 valence electrons. The Morgan fingerprint density at radius 2 is 2.06 bits per heavy atom. The van der Waals surface area contributed by atoms with E-state index in [4.69, 9.17) is 4.74 Å². The highest BCUT2D eigenvalue weighted by atomic mass is 32.1. The fraction of sp³-hybridized carbons (Fsp3) is 0.333.